The van der Waals surface area contributed by atoms with Crippen LogP contribution in [0.15, 0.2) is 84.9 Å². The number of hydrogen-bond acceptors (Lipinski definition) is 1. The van der Waals surface area contributed by atoms with Crippen LogP contribution in [0.3, 0.4) is 0 Å². The Morgan fingerprint density at radius 3 is 2.42 bits per heavy atom. The van der Waals surface area contributed by atoms with Crippen molar-refractivity contribution in [2.24, 2.45) is 0 Å². The van der Waals surface area contributed by atoms with E-state index in [-0.39, 0.29) is 11.3 Å². The maximum absolute atomic E-state index is 14.7. The number of carboxylic acids is 1. The van der Waals surface area contributed by atoms with Gasteiger partial charge in [0.15, 0.2) is 0 Å². The zero-order valence-corrected chi connectivity index (χ0v) is 17.1. The highest BCUT2D eigenvalue weighted by molar-refractivity contribution is 6.31. The molecule has 0 amide bonds. The molecule has 4 aromatic carbocycles. The third kappa shape index (κ3) is 3.35. The molecular weight excluding hydrogens is 413 g/mol. The van der Waals surface area contributed by atoms with Gasteiger partial charge in [-0.25, -0.2) is 9.18 Å². The van der Waals surface area contributed by atoms with E-state index in [2.05, 4.69) is 0 Å². The Morgan fingerprint density at radius 2 is 1.65 bits per heavy atom. The fraction of sp³-hybridized carbons (Fsp3) is 0.0385. The maximum atomic E-state index is 14.7. The topological polar surface area (TPSA) is 42.2 Å². The Morgan fingerprint density at radius 1 is 0.903 bits per heavy atom. The lowest BCUT2D eigenvalue weighted by molar-refractivity contribution is 0.0687. The predicted octanol–water partition coefficient (Wildman–Crippen LogP) is 7.00. The van der Waals surface area contributed by atoms with Gasteiger partial charge in [-0.05, 0) is 46.7 Å². The molecule has 0 aliphatic heterocycles. The average molecular weight is 430 g/mol. The number of carbonyl (C=O) groups is 1. The second-order valence-electron chi connectivity index (χ2n) is 7.44. The van der Waals surface area contributed by atoms with Gasteiger partial charge in [-0.3, -0.25) is 0 Å². The summed E-state index contributed by atoms with van der Waals surface area (Å²) < 4.78 is 16.4. The number of halogens is 2. The molecular formula is C26H17ClFNO2. The van der Waals surface area contributed by atoms with Gasteiger partial charge in [0.1, 0.15) is 11.5 Å². The normalized spacial score (nSPS) is 11.3. The average Bonchev–Trinajstić information content (AvgIpc) is 3.07. The number of aromatic carboxylic acids is 1. The second-order valence-corrected chi connectivity index (χ2v) is 7.87. The molecule has 0 radical (unpaired) electrons. The number of nitrogens with zero attached hydrogens (tertiary/aromatic N) is 1. The molecule has 1 aromatic heterocycles. The third-order valence-corrected chi connectivity index (χ3v) is 5.76. The van der Waals surface area contributed by atoms with E-state index in [0.717, 1.165) is 16.3 Å². The molecule has 0 spiro atoms. The van der Waals surface area contributed by atoms with E-state index in [4.69, 9.17) is 11.6 Å². The molecule has 0 atom stereocenters. The van der Waals surface area contributed by atoms with Crippen LogP contribution in [0.25, 0.3) is 32.8 Å². The van der Waals surface area contributed by atoms with E-state index in [9.17, 15) is 14.3 Å². The van der Waals surface area contributed by atoms with Crippen LogP contribution in [0.2, 0.25) is 5.02 Å². The molecule has 0 unspecified atom stereocenters. The van der Waals surface area contributed by atoms with E-state index in [0.29, 0.717) is 28.0 Å². The standard InChI is InChI=1S/C26H17ClFNO2/c27-19-11-12-23-21(14-19)24(20-7-3-4-8-22(20)28)25(26(30)31)29(23)15-16-9-10-17-5-1-2-6-18(17)13-16/h1-14H,15H2,(H,30,31). The summed E-state index contributed by atoms with van der Waals surface area (Å²) in [4.78, 5) is 12.4. The SMILES string of the molecule is O=C(O)c1c(-c2ccccc2F)c2cc(Cl)ccc2n1Cc1ccc2ccccc2c1. The van der Waals surface area contributed by atoms with Gasteiger partial charge in [0.05, 0.1) is 0 Å². The highest BCUT2D eigenvalue weighted by Gasteiger charge is 2.25. The van der Waals surface area contributed by atoms with Crippen molar-refractivity contribution in [3.05, 3.63) is 107 Å². The second kappa shape index (κ2) is 7.56. The zero-order valence-electron chi connectivity index (χ0n) is 16.3. The Labute approximate surface area is 182 Å². The van der Waals surface area contributed by atoms with E-state index >= 15 is 0 Å². The van der Waals surface area contributed by atoms with Crippen LogP contribution >= 0.6 is 11.6 Å². The van der Waals surface area contributed by atoms with E-state index in [1.807, 2.05) is 42.5 Å². The Balaban J connectivity index is 1.78. The van der Waals surface area contributed by atoms with Crippen molar-refractivity contribution < 1.29 is 14.3 Å². The summed E-state index contributed by atoms with van der Waals surface area (Å²) in [7, 11) is 0. The number of carboxylic acid groups (broad SMARTS) is 1. The molecule has 31 heavy (non-hydrogen) atoms. The van der Waals surface area contributed by atoms with Crippen molar-refractivity contribution in [2.45, 2.75) is 6.54 Å². The lowest BCUT2D eigenvalue weighted by Crippen LogP contribution is -2.10. The van der Waals surface area contributed by atoms with E-state index < -0.39 is 11.8 Å². The molecule has 1 N–H and O–H groups in total. The van der Waals surface area contributed by atoms with Gasteiger partial charge < -0.3 is 9.67 Å². The third-order valence-electron chi connectivity index (χ3n) is 5.53. The van der Waals surface area contributed by atoms with Crippen molar-refractivity contribution in [1.29, 1.82) is 0 Å². The van der Waals surface area contributed by atoms with Crippen molar-refractivity contribution in [3.63, 3.8) is 0 Å². The van der Waals surface area contributed by atoms with Crippen molar-refractivity contribution in [2.75, 3.05) is 0 Å². The summed E-state index contributed by atoms with van der Waals surface area (Å²) in [6.45, 7) is 0.332. The molecule has 0 saturated carbocycles. The van der Waals surface area contributed by atoms with E-state index in [1.165, 1.54) is 6.07 Å². The van der Waals surface area contributed by atoms with Crippen LogP contribution in [-0.4, -0.2) is 15.6 Å². The predicted molar refractivity (Wildman–Crippen MR) is 122 cm³/mol. The van der Waals surface area contributed by atoms with Gasteiger partial charge in [0.25, 0.3) is 0 Å². The zero-order chi connectivity index (χ0) is 21.5. The van der Waals surface area contributed by atoms with Crippen LogP contribution in [0.1, 0.15) is 16.1 Å². The van der Waals surface area contributed by atoms with Gasteiger partial charge in [0.2, 0.25) is 0 Å². The number of hydrogen-bond donors (Lipinski definition) is 1. The van der Waals surface area contributed by atoms with Crippen LogP contribution in [0, 0.1) is 5.82 Å². The summed E-state index contributed by atoms with van der Waals surface area (Å²) in [5.74, 6) is -1.60. The molecule has 5 heteroatoms. The monoisotopic (exact) mass is 429 g/mol. The van der Waals surface area contributed by atoms with Crippen LogP contribution < -0.4 is 0 Å². The van der Waals surface area contributed by atoms with Crippen molar-refractivity contribution >= 4 is 39.2 Å². The van der Waals surface area contributed by atoms with Crippen LogP contribution in [0.5, 0.6) is 0 Å². The first-order valence-corrected chi connectivity index (χ1v) is 10.2. The first-order chi connectivity index (χ1) is 15.0. The fourth-order valence-electron chi connectivity index (χ4n) is 4.17. The summed E-state index contributed by atoms with van der Waals surface area (Å²) >= 11 is 6.23. The minimum absolute atomic E-state index is 0.0375. The summed E-state index contributed by atoms with van der Waals surface area (Å²) in [6.07, 6.45) is 0. The smallest absolute Gasteiger partial charge is 0.353 e. The van der Waals surface area contributed by atoms with E-state index in [1.54, 1.807) is 41.0 Å². The Bertz CT molecular complexity index is 1470. The number of rotatable bonds is 4. The maximum Gasteiger partial charge on any atom is 0.353 e. The Hall–Kier alpha value is -3.63. The summed E-state index contributed by atoms with van der Waals surface area (Å²) in [5.41, 5.74) is 2.25. The van der Waals surface area contributed by atoms with Gasteiger partial charge in [-0.15, -0.1) is 0 Å². The first kappa shape index (κ1) is 19.3. The van der Waals surface area contributed by atoms with Gasteiger partial charge in [0, 0.05) is 33.6 Å². The lowest BCUT2D eigenvalue weighted by atomic mass is 10.0. The highest BCUT2D eigenvalue weighted by Crippen LogP contribution is 2.38. The molecule has 0 fully saturated rings. The minimum Gasteiger partial charge on any atom is -0.477 e. The molecule has 0 bridgehead atoms. The summed E-state index contributed by atoms with van der Waals surface area (Å²) in [6, 6.07) is 25.5. The fourth-order valence-corrected chi connectivity index (χ4v) is 4.34. The highest BCUT2D eigenvalue weighted by atomic mass is 35.5. The van der Waals surface area contributed by atoms with Crippen molar-refractivity contribution in [1.82, 2.24) is 4.57 Å². The van der Waals surface area contributed by atoms with Gasteiger partial charge >= 0.3 is 5.97 Å². The molecule has 152 valence electrons. The molecule has 1 heterocycles. The number of aromatic nitrogens is 1. The first-order valence-electron chi connectivity index (χ1n) is 9.80. The van der Waals surface area contributed by atoms with Crippen LogP contribution in [-0.2, 0) is 6.54 Å². The minimum atomic E-state index is -1.12. The quantitative estimate of drug-likeness (QED) is 0.334. The lowest BCUT2D eigenvalue weighted by Gasteiger charge is -2.11. The molecule has 5 aromatic rings. The molecule has 0 saturated heterocycles. The molecule has 3 nitrogen and oxygen atoms in total. The largest absolute Gasteiger partial charge is 0.477 e. The molecule has 0 aliphatic carbocycles. The number of fused-ring (bicyclic) bond motifs is 2. The van der Waals surface area contributed by atoms with Gasteiger partial charge in [-0.1, -0.05) is 66.2 Å². The molecule has 0 aliphatic rings. The molecule has 5 rings (SSSR count). The van der Waals surface area contributed by atoms with Crippen molar-refractivity contribution in [3.8, 4) is 11.1 Å². The van der Waals surface area contributed by atoms with Crippen LogP contribution in [0.4, 0.5) is 4.39 Å². The summed E-state index contributed by atoms with van der Waals surface area (Å²) in [5, 5.41) is 13.4. The Kier molecular flexibility index (Phi) is 4.72. The number of benzene rings is 4. The van der Waals surface area contributed by atoms with Gasteiger partial charge in [-0.2, -0.15) is 0 Å².